The van der Waals surface area contributed by atoms with Gasteiger partial charge >= 0.3 is 0 Å². The number of aryl methyl sites for hydroxylation is 2. The number of likely N-dealkylation sites (tertiary alicyclic amines) is 1. The standard InChI is InChI=1S/C19H24N6O/c1-4-25-17(26)6-5-14(18(25)19-21-7-8-24(19)3)11-23-16-9-13(2)22-12-15(16)10-20/h7-9,12,14,18H,4-6,11H2,1-3H3,(H,22,23)/t14-,18+/m1/s1. The third-order valence-electron chi connectivity index (χ3n) is 5.01. The van der Waals surface area contributed by atoms with Crippen molar-refractivity contribution in [1.82, 2.24) is 19.4 Å². The van der Waals surface area contributed by atoms with Gasteiger partial charge in [0.15, 0.2) is 0 Å². The highest BCUT2D eigenvalue weighted by Gasteiger charge is 2.38. The zero-order valence-electron chi connectivity index (χ0n) is 15.4. The second-order valence-corrected chi connectivity index (χ2v) is 6.68. The van der Waals surface area contributed by atoms with Gasteiger partial charge in [-0.05, 0) is 26.3 Å². The molecular formula is C19H24N6O. The van der Waals surface area contributed by atoms with Crippen LogP contribution in [-0.2, 0) is 11.8 Å². The molecule has 2 atom stereocenters. The molecule has 2 aromatic rings. The van der Waals surface area contributed by atoms with Crippen LogP contribution in [0.25, 0.3) is 0 Å². The molecule has 1 aliphatic rings. The Bertz CT molecular complexity index is 837. The summed E-state index contributed by atoms with van der Waals surface area (Å²) in [4.78, 5) is 23.0. The topological polar surface area (TPSA) is 86.8 Å². The van der Waals surface area contributed by atoms with Crippen molar-refractivity contribution in [3.05, 3.63) is 41.7 Å². The largest absolute Gasteiger partial charge is 0.384 e. The molecule has 1 N–H and O–H groups in total. The van der Waals surface area contributed by atoms with Crippen molar-refractivity contribution in [1.29, 1.82) is 5.26 Å². The summed E-state index contributed by atoms with van der Waals surface area (Å²) in [6, 6.07) is 4.00. The number of anilines is 1. The van der Waals surface area contributed by atoms with Crippen molar-refractivity contribution in [2.75, 3.05) is 18.4 Å². The Morgan fingerprint density at radius 3 is 2.88 bits per heavy atom. The molecule has 7 nitrogen and oxygen atoms in total. The van der Waals surface area contributed by atoms with Gasteiger partial charge in [-0.15, -0.1) is 0 Å². The second kappa shape index (κ2) is 7.56. The fourth-order valence-electron chi connectivity index (χ4n) is 3.66. The van der Waals surface area contributed by atoms with Crippen molar-refractivity contribution in [3.8, 4) is 6.07 Å². The molecule has 3 rings (SSSR count). The van der Waals surface area contributed by atoms with Crippen molar-refractivity contribution in [2.45, 2.75) is 32.7 Å². The number of carbonyl (C=O) groups is 1. The maximum absolute atomic E-state index is 12.4. The van der Waals surface area contributed by atoms with Gasteiger partial charge in [-0.25, -0.2) is 4.98 Å². The van der Waals surface area contributed by atoms with Crippen molar-refractivity contribution in [2.24, 2.45) is 13.0 Å². The lowest BCUT2D eigenvalue weighted by molar-refractivity contribution is -0.138. The molecular weight excluding hydrogens is 328 g/mol. The van der Waals surface area contributed by atoms with Crippen LogP contribution in [0.3, 0.4) is 0 Å². The van der Waals surface area contributed by atoms with Gasteiger partial charge in [0, 0.05) is 56.8 Å². The molecule has 1 aliphatic heterocycles. The number of imidazole rings is 1. The van der Waals surface area contributed by atoms with E-state index in [1.165, 1.54) is 0 Å². The van der Waals surface area contributed by atoms with Crippen LogP contribution in [0.1, 0.15) is 42.9 Å². The van der Waals surface area contributed by atoms with E-state index in [9.17, 15) is 10.1 Å². The van der Waals surface area contributed by atoms with Crippen LogP contribution < -0.4 is 5.32 Å². The zero-order chi connectivity index (χ0) is 18.7. The highest BCUT2D eigenvalue weighted by atomic mass is 16.2. The highest BCUT2D eigenvalue weighted by Crippen LogP contribution is 2.36. The molecule has 0 spiro atoms. The first-order valence-corrected chi connectivity index (χ1v) is 8.92. The van der Waals surface area contributed by atoms with E-state index in [0.717, 1.165) is 23.6 Å². The number of pyridine rings is 1. The van der Waals surface area contributed by atoms with E-state index in [0.29, 0.717) is 25.1 Å². The quantitative estimate of drug-likeness (QED) is 0.893. The molecule has 1 amide bonds. The lowest BCUT2D eigenvalue weighted by atomic mass is 9.87. The van der Waals surface area contributed by atoms with Gasteiger partial charge in [-0.2, -0.15) is 5.26 Å². The third kappa shape index (κ3) is 3.40. The van der Waals surface area contributed by atoms with Crippen LogP contribution in [0.15, 0.2) is 24.7 Å². The van der Waals surface area contributed by atoms with E-state index in [1.807, 2.05) is 42.6 Å². The summed E-state index contributed by atoms with van der Waals surface area (Å²) in [6.45, 7) is 5.23. The van der Waals surface area contributed by atoms with E-state index in [4.69, 9.17) is 0 Å². The van der Waals surface area contributed by atoms with Gasteiger partial charge in [-0.1, -0.05) is 0 Å². The van der Waals surface area contributed by atoms with Crippen LogP contribution in [-0.4, -0.2) is 38.4 Å². The molecule has 0 saturated carbocycles. The number of hydrogen-bond donors (Lipinski definition) is 1. The third-order valence-corrected chi connectivity index (χ3v) is 5.01. The molecule has 136 valence electrons. The smallest absolute Gasteiger partial charge is 0.223 e. The van der Waals surface area contributed by atoms with E-state index >= 15 is 0 Å². The summed E-state index contributed by atoms with van der Waals surface area (Å²) in [6.07, 6.45) is 6.61. The van der Waals surface area contributed by atoms with Crippen LogP contribution in [0.5, 0.6) is 0 Å². The Morgan fingerprint density at radius 2 is 2.23 bits per heavy atom. The molecule has 0 radical (unpaired) electrons. The van der Waals surface area contributed by atoms with Crippen molar-refractivity contribution >= 4 is 11.6 Å². The Hall–Kier alpha value is -2.88. The summed E-state index contributed by atoms with van der Waals surface area (Å²) in [7, 11) is 1.96. The van der Waals surface area contributed by atoms with Crippen LogP contribution in [0.4, 0.5) is 5.69 Å². The number of hydrogen-bond acceptors (Lipinski definition) is 5. The first-order valence-electron chi connectivity index (χ1n) is 8.92. The minimum absolute atomic E-state index is 0.0674. The first-order chi connectivity index (χ1) is 12.5. The zero-order valence-corrected chi connectivity index (χ0v) is 15.4. The number of nitrogens with zero attached hydrogens (tertiary/aromatic N) is 5. The number of nitrogens with one attached hydrogen (secondary N) is 1. The number of nitriles is 1. The van der Waals surface area contributed by atoms with Gasteiger partial charge in [0.25, 0.3) is 0 Å². The fourth-order valence-corrected chi connectivity index (χ4v) is 3.66. The van der Waals surface area contributed by atoms with E-state index < -0.39 is 0 Å². The predicted octanol–water partition coefficient (Wildman–Crippen LogP) is 2.41. The van der Waals surface area contributed by atoms with Gasteiger partial charge in [0.1, 0.15) is 11.9 Å². The van der Waals surface area contributed by atoms with Crippen molar-refractivity contribution in [3.63, 3.8) is 0 Å². The Morgan fingerprint density at radius 1 is 1.42 bits per heavy atom. The van der Waals surface area contributed by atoms with Gasteiger partial charge in [-0.3, -0.25) is 9.78 Å². The predicted molar refractivity (Wildman–Crippen MR) is 98.2 cm³/mol. The van der Waals surface area contributed by atoms with Gasteiger partial charge in [0.05, 0.1) is 17.3 Å². The summed E-state index contributed by atoms with van der Waals surface area (Å²) in [5, 5.41) is 12.7. The van der Waals surface area contributed by atoms with Crippen LogP contribution in [0.2, 0.25) is 0 Å². The van der Waals surface area contributed by atoms with E-state index in [-0.39, 0.29) is 17.9 Å². The Kier molecular flexibility index (Phi) is 5.21. The summed E-state index contributed by atoms with van der Waals surface area (Å²) < 4.78 is 1.98. The summed E-state index contributed by atoms with van der Waals surface area (Å²) in [5.41, 5.74) is 2.18. The number of piperidine rings is 1. The maximum atomic E-state index is 12.4. The molecule has 0 bridgehead atoms. The minimum atomic E-state index is -0.0674. The lowest BCUT2D eigenvalue weighted by Gasteiger charge is -2.40. The number of amides is 1. The average molecular weight is 352 g/mol. The molecule has 7 heteroatoms. The van der Waals surface area contributed by atoms with E-state index in [2.05, 4.69) is 21.4 Å². The molecule has 0 aliphatic carbocycles. The highest BCUT2D eigenvalue weighted by molar-refractivity contribution is 5.77. The fraction of sp³-hybridized carbons (Fsp3) is 0.474. The first kappa shape index (κ1) is 17.9. The summed E-state index contributed by atoms with van der Waals surface area (Å²) in [5.74, 6) is 1.29. The average Bonchev–Trinajstić information content (AvgIpc) is 3.06. The molecule has 0 aromatic carbocycles. The van der Waals surface area contributed by atoms with Gasteiger partial charge < -0.3 is 14.8 Å². The Balaban J connectivity index is 1.86. The molecule has 26 heavy (non-hydrogen) atoms. The second-order valence-electron chi connectivity index (χ2n) is 6.68. The monoisotopic (exact) mass is 352 g/mol. The Labute approximate surface area is 153 Å². The maximum Gasteiger partial charge on any atom is 0.223 e. The van der Waals surface area contributed by atoms with Gasteiger partial charge in [0.2, 0.25) is 5.91 Å². The van der Waals surface area contributed by atoms with E-state index in [1.54, 1.807) is 12.4 Å². The molecule has 2 aromatic heterocycles. The minimum Gasteiger partial charge on any atom is -0.384 e. The normalized spacial score (nSPS) is 20.1. The molecule has 3 heterocycles. The SMILES string of the molecule is CCN1C(=O)CC[C@H](CNc2cc(C)ncc2C#N)[C@H]1c1nccn1C. The number of aromatic nitrogens is 3. The van der Waals surface area contributed by atoms with Crippen molar-refractivity contribution < 1.29 is 4.79 Å². The summed E-state index contributed by atoms with van der Waals surface area (Å²) >= 11 is 0. The molecule has 1 saturated heterocycles. The number of carbonyl (C=O) groups excluding carboxylic acids is 1. The molecule has 1 fully saturated rings. The number of rotatable bonds is 5. The lowest BCUT2D eigenvalue weighted by Crippen LogP contribution is -2.45. The molecule has 0 unspecified atom stereocenters. The van der Waals surface area contributed by atoms with Crippen LogP contribution >= 0.6 is 0 Å². The van der Waals surface area contributed by atoms with Crippen LogP contribution in [0, 0.1) is 24.2 Å².